The lowest BCUT2D eigenvalue weighted by atomic mass is 10.0. The summed E-state index contributed by atoms with van der Waals surface area (Å²) >= 11 is 0. The van der Waals surface area contributed by atoms with Crippen LogP contribution in [-0.4, -0.2) is 25.3 Å². The molecule has 0 saturated heterocycles. The zero-order valence-corrected chi connectivity index (χ0v) is 25.7. The maximum Gasteiger partial charge on any atom is 0.379 e. The molecule has 0 saturated carbocycles. The Balaban J connectivity index is 1.39. The van der Waals surface area contributed by atoms with E-state index in [-0.39, 0.29) is 5.75 Å². The lowest BCUT2D eigenvalue weighted by Gasteiger charge is -2.18. The van der Waals surface area contributed by atoms with E-state index in [9.17, 15) is 13.0 Å². The van der Waals surface area contributed by atoms with E-state index in [0.717, 1.165) is 70.6 Å². The molecule has 0 aliphatic carbocycles. The Morgan fingerprint density at radius 1 is 0.795 bits per heavy atom. The molecule has 0 radical (unpaired) electrons. The van der Waals surface area contributed by atoms with Gasteiger partial charge in [0.2, 0.25) is 11.5 Å². The van der Waals surface area contributed by atoms with Crippen molar-refractivity contribution in [2.24, 2.45) is 0 Å². The van der Waals surface area contributed by atoms with Crippen molar-refractivity contribution >= 4 is 33.0 Å². The predicted molar refractivity (Wildman–Crippen MR) is 175 cm³/mol. The second-order valence-corrected chi connectivity index (χ2v) is 12.7. The smallest absolute Gasteiger partial charge is 0.379 e. The van der Waals surface area contributed by atoms with Gasteiger partial charge in [0.05, 0.1) is 11.4 Å². The Kier molecular flexibility index (Phi) is 8.82. The number of unbranched alkanes of at least 4 members (excludes halogenated alkanes) is 3. The van der Waals surface area contributed by atoms with Gasteiger partial charge in [0.1, 0.15) is 6.08 Å². The lowest BCUT2D eigenvalue weighted by Crippen LogP contribution is -2.36. The maximum absolute atomic E-state index is 11.4. The summed E-state index contributed by atoms with van der Waals surface area (Å²) in [6.45, 7) is 3.51. The highest BCUT2D eigenvalue weighted by Gasteiger charge is 2.30. The van der Waals surface area contributed by atoms with Crippen LogP contribution >= 0.6 is 0 Å². The number of aryl methyl sites for hydroxylation is 1. The lowest BCUT2D eigenvalue weighted by molar-refractivity contribution is -0.678. The molecule has 0 bridgehead atoms. The van der Waals surface area contributed by atoms with Crippen LogP contribution in [0.4, 0.5) is 5.69 Å². The summed E-state index contributed by atoms with van der Waals surface area (Å²) in [6, 6.07) is 32.9. The highest BCUT2D eigenvalue weighted by atomic mass is 32.2. The summed E-state index contributed by atoms with van der Waals surface area (Å²) < 4.78 is 47.1. The van der Waals surface area contributed by atoms with Gasteiger partial charge < -0.3 is 14.1 Å². The van der Waals surface area contributed by atoms with Crippen LogP contribution < -0.4 is 14.2 Å². The predicted octanol–water partition coefficient (Wildman–Crippen LogP) is 8.11. The first-order valence-electron chi connectivity index (χ1n) is 15.2. The number of fused-ring (bicyclic) bond motifs is 2. The van der Waals surface area contributed by atoms with E-state index in [1.807, 2.05) is 60.7 Å². The fraction of sp³-hybridized carbons (Fsp3) is 0.250. The number of nitrogens with zero attached hydrogens (tertiary/aromatic N) is 2. The summed E-state index contributed by atoms with van der Waals surface area (Å²) in [4.78, 5) is 2.07. The first-order valence-corrected chi connectivity index (χ1v) is 16.8. The highest BCUT2D eigenvalue weighted by Crippen LogP contribution is 2.42. The molecular weight excluding hydrogens is 572 g/mol. The summed E-state index contributed by atoms with van der Waals surface area (Å²) in [6.07, 6.45) is 6.06. The molecule has 8 heteroatoms. The van der Waals surface area contributed by atoms with Crippen molar-refractivity contribution in [2.75, 3.05) is 17.2 Å². The van der Waals surface area contributed by atoms with E-state index in [1.165, 1.54) is 0 Å². The van der Waals surface area contributed by atoms with Gasteiger partial charge in [-0.3, -0.25) is 4.55 Å². The van der Waals surface area contributed by atoms with Gasteiger partial charge in [-0.05, 0) is 59.7 Å². The molecule has 0 atom stereocenters. The summed E-state index contributed by atoms with van der Waals surface area (Å²) in [7, 11) is -4.02. The number of rotatable bonds is 12. The molecule has 1 aromatic heterocycles. The van der Waals surface area contributed by atoms with E-state index in [0.29, 0.717) is 31.2 Å². The molecule has 4 aromatic carbocycles. The number of ether oxygens (including phenoxy) is 1. The molecule has 44 heavy (non-hydrogen) atoms. The average molecular weight is 610 g/mol. The van der Waals surface area contributed by atoms with Gasteiger partial charge in [-0.15, -0.1) is 0 Å². The Morgan fingerprint density at radius 2 is 1.48 bits per heavy atom. The van der Waals surface area contributed by atoms with Crippen molar-refractivity contribution in [3.8, 4) is 28.0 Å². The number of aromatic nitrogens is 1. The van der Waals surface area contributed by atoms with Gasteiger partial charge in [-0.25, -0.2) is 0 Å². The first-order chi connectivity index (χ1) is 21.4. The van der Waals surface area contributed by atoms with Crippen molar-refractivity contribution in [3.05, 3.63) is 109 Å². The van der Waals surface area contributed by atoms with Crippen LogP contribution in [0.1, 0.15) is 44.9 Å². The molecule has 6 rings (SSSR count). The Bertz CT molecular complexity index is 1880. The minimum atomic E-state index is -4.02. The van der Waals surface area contributed by atoms with Gasteiger partial charge in [0, 0.05) is 19.0 Å². The summed E-state index contributed by atoms with van der Waals surface area (Å²) in [5.41, 5.74) is 7.16. The standard InChI is InChI=1S/C36H36N2O5S/c1-2-3-10-21-37-31-24-29(27-13-6-4-7-14-27)17-19-33(31)42-35(37)26-36-38(22-11-12-23-44(39,40)41)32-25-30(18-20-34(32)43-36)28-15-8-5-9-16-28/h4-9,13-20,24-26H,2-3,10-12,21-23H2,1H3/p+1. The van der Waals surface area contributed by atoms with Crippen molar-refractivity contribution in [3.63, 3.8) is 0 Å². The molecule has 1 aliphatic rings. The Labute approximate surface area is 258 Å². The van der Waals surface area contributed by atoms with Crippen LogP contribution in [0.2, 0.25) is 0 Å². The maximum atomic E-state index is 11.4. The van der Waals surface area contributed by atoms with Crippen LogP contribution in [-0.2, 0) is 16.7 Å². The largest absolute Gasteiger partial charge is 0.438 e. The van der Waals surface area contributed by atoms with E-state index >= 15 is 0 Å². The highest BCUT2D eigenvalue weighted by molar-refractivity contribution is 7.85. The number of hydrogen-bond acceptors (Lipinski definition) is 5. The molecule has 0 amide bonds. The Morgan fingerprint density at radius 3 is 2.16 bits per heavy atom. The van der Waals surface area contributed by atoms with Crippen LogP contribution in [0, 0.1) is 0 Å². The molecule has 0 fully saturated rings. The van der Waals surface area contributed by atoms with Crippen LogP contribution in [0.5, 0.6) is 5.75 Å². The van der Waals surface area contributed by atoms with Gasteiger partial charge in [-0.2, -0.15) is 13.0 Å². The molecule has 5 aromatic rings. The number of anilines is 1. The number of hydrogen-bond donors (Lipinski definition) is 1. The molecule has 2 heterocycles. The molecule has 0 spiro atoms. The molecule has 1 N–H and O–H groups in total. The normalized spacial score (nSPS) is 13.9. The SMILES string of the molecule is CCCCC[n+]1c(C=C2Oc3ccc(-c4ccccc4)cc3N2CCCCS(=O)(=O)O)oc2ccc(-c3ccccc3)cc21. The molecule has 1 aliphatic heterocycles. The average Bonchev–Trinajstić information content (AvgIpc) is 3.56. The van der Waals surface area contributed by atoms with Crippen LogP contribution in [0.25, 0.3) is 39.4 Å². The second-order valence-electron chi connectivity index (χ2n) is 11.1. The quantitative estimate of drug-likeness (QED) is 0.0874. The molecule has 226 valence electrons. The first kappa shape index (κ1) is 29.7. The zero-order chi connectivity index (χ0) is 30.5. The van der Waals surface area contributed by atoms with Crippen molar-refractivity contribution < 1.29 is 26.7 Å². The van der Waals surface area contributed by atoms with Gasteiger partial charge in [0.15, 0.2) is 12.3 Å². The third-order valence-corrected chi connectivity index (χ3v) is 8.75. The van der Waals surface area contributed by atoms with E-state index < -0.39 is 10.1 Å². The van der Waals surface area contributed by atoms with Gasteiger partial charge in [-0.1, -0.05) is 86.1 Å². The topological polar surface area (TPSA) is 83.9 Å². The number of oxazole rings is 1. The second kappa shape index (κ2) is 13.1. The molecule has 7 nitrogen and oxygen atoms in total. The minimum absolute atomic E-state index is 0.275. The molecular formula is C36H37N2O5S+. The third-order valence-electron chi connectivity index (χ3n) is 7.94. The summed E-state index contributed by atoms with van der Waals surface area (Å²) in [5, 5.41) is 0. The van der Waals surface area contributed by atoms with Crippen molar-refractivity contribution in [1.82, 2.24) is 0 Å². The third kappa shape index (κ3) is 6.72. The fourth-order valence-electron chi connectivity index (χ4n) is 5.68. The zero-order valence-electron chi connectivity index (χ0n) is 24.9. The number of benzene rings is 4. The minimum Gasteiger partial charge on any atom is -0.438 e. The fourth-order valence-corrected chi connectivity index (χ4v) is 6.25. The van der Waals surface area contributed by atoms with Gasteiger partial charge >= 0.3 is 5.89 Å². The summed E-state index contributed by atoms with van der Waals surface area (Å²) in [5.74, 6) is 1.76. The monoisotopic (exact) mass is 609 g/mol. The van der Waals surface area contributed by atoms with E-state index in [2.05, 4.69) is 58.9 Å². The van der Waals surface area contributed by atoms with Crippen molar-refractivity contribution in [1.29, 1.82) is 0 Å². The Hall–Kier alpha value is -4.40. The van der Waals surface area contributed by atoms with E-state index in [4.69, 9.17) is 9.15 Å². The van der Waals surface area contributed by atoms with Crippen LogP contribution in [0.3, 0.4) is 0 Å². The van der Waals surface area contributed by atoms with Crippen LogP contribution in [0.15, 0.2) is 107 Å². The van der Waals surface area contributed by atoms with Gasteiger partial charge in [0.25, 0.3) is 15.6 Å². The van der Waals surface area contributed by atoms with Crippen molar-refractivity contribution in [2.45, 2.75) is 45.6 Å². The molecule has 0 unspecified atom stereocenters. The van der Waals surface area contributed by atoms with E-state index in [1.54, 1.807) is 0 Å².